The monoisotopic (exact) mass is 262 g/mol. The van der Waals surface area contributed by atoms with Crippen molar-refractivity contribution in [3.05, 3.63) is 18.5 Å². The first-order valence-corrected chi connectivity index (χ1v) is 7.29. The molecule has 0 bridgehead atoms. The lowest BCUT2D eigenvalue weighted by Crippen LogP contribution is -2.50. The molecule has 4 nitrogen and oxygen atoms in total. The Morgan fingerprint density at radius 3 is 1.84 bits per heavy atom. The molecule has 0 aliphatic carbocycles. The Labute approximate surface area is 116 Å². The van der Waals surface area contributed by atoms with Crippen molar-refractivity contribution in [1.29, 1.82) is 0 Å². The van der Waals surface area contributed by atoms with Gasteiger partial charge in [-0.1, -0.05) is 27.7 Å². The highest BCUT2D eigenvalue weighted by Gasteiger charge is 2.58. The van der Waals surface area contributed by atoms with Gasteiger partial charge in [0, 0.05) is 17.9 Å². The molecule has 1 fully saturated rings. The first-order chi connectivity index (χ1) is 9.17. The number of aromatic nitrogens is 2. The van der Waals surface area contributed by atoms with Gasteiger partial charge in [-0.15, -0.1) is 0 Å². The fourth-order valence-corrected chi connectivity index (χ4v) is 3.35. The predicted molar refractivity (Wildman–Crippen MR) is 76.2 cm³/mol. The van der Waals surface area contributed by atoms with E-state index in [-0.39, 0.29) is 18.3 Å². The fraction of sp³-hybridized carbons (Fsp3) is 0.714. The molecule has 0 N–H and O–H groups in total. The Hall–Kier alpha value is -0.935. The van der Waals surface area contributed by atoms with Crippen LogP contribution in [0.1, 0.15) is 53.4 Å². The smallest absolute Gasteiger partial charge is 0.399 e. The van der Waals surface area contributed by atoms with Crippen LogP contribution in [-0.2, 0) is 9.31 Å². The van der Waals surface area contributed by atoms with Crippen LogP contribution in [0, 0.1) is 0 Å². The zero-order valence-corrected chi connectivity index (χ0v) is 12.3. The Morgan fingerprint density at radius 1 is 0.947 bits per heavy atom. The average Bonchev–Trinajstić information content (AvgIpc) is 2.83. The van der Waals surface area contributed by atoms with Crippen LogP contribution in [0.15, 0.2) is 18.5 Å². The molecule has 19 heavy (non-hydrogen) atoms. The second-order valence-electron chi connectivity index (χ2n) is 5.15. The maximum atomic E-state index is 6.34. The van der Waals surface area contributed by atoms with Crippen molar-refractivity contribution in [1.82, 2.24) is 10.2 Å². The summed E-state index contributed by atoms with van der Waals surface area (Å²) < 4.78 is 12.7. The van der Waals surface area contributed by atoms with Gasteiger partial charge in [0.05, 0.1) is 11.2 Å². The summed E-state index contributed by atoms with van der Waals surface area (Å²) in [7, 11) is -0.324. The molecule has 1 aromatic heterocycles. The van der Waals surface area contributed by atoms with Crippen molar-refractivity contribution in [3.63, 3.8) is 0 Å². The zero-order valence-electron chi connectivity index (χ0n) is 12.3. The highest BCUT2D eigenvalue weighted by Crippen LogP contribution is 2.46. The van der Waals surface area contributed by atoms with Gasteiger partial charge in [0.1, 0.15) is 0 Å². The van der Waals surface area contributed by atoms with Gasteiger partial charge >= 0.3 is 7.12 Å². The van der Waals surface area contributed by atoms with E-state index in [1.54, 1.807) is 12.4 Å². The molecule has 2 heterocycles. The van der Waals surface area contributed by atoms with Gasteiger partial charge in [0.2, 0.25) is 0 Å². The first kappa shape index (κ1) is 14.5. The van der Waals surface area contributed by atoms with E-state index in [0.29, 0.717) is 0 Å². The van der Waals surface area contributed by atoms with Crippen LogP contribution in [-0.4, -0.2) is 28.5 Å². The van der Waals surface area contributed by atoms with E-state index < -0.39 is 0 Å². The standard InChI is InChI=1S/C14H23BN2O2/c1-5-13(6-2)14(7-3,8-4)19-15(18-13)12-9-10-16-17-11-12/h9-11H,5-8H2,1-4H3. The summed E-state index contributed by atoms with van der Waals surface area (Å²) in [6, 6.07) is 1.91. The van der Waals surface area contributed by atoms with E-state index in [9.17, 15) is 0 Å². The molecule has 0 spiro atoms. The number of nitrogens with zero attached hydrogens (tertiary/aromatic N) is 2. The molecule has 0 saturated carbocycles. The van der Waals surface area contributed by atoms with Crippen molar-refractivity contribution in [2.45, 2.75) is 64.6 Å². The molecule has 0 amide bonds. The van der Waals surface area contributed by atoms with Crippen LogP contribution in [0.4, 0.5) is 0 Å². The summed E-state index contributed by atoms with van der Waals surface area (Å²) in [5.74, 6) is 0. The SMILES string of the molecule is CCC1(CC)OB(c2ccnnc2)OC1(CC)CC. The van der Waals surface area contributed by atoms with E-state index in [2.05, 4.69) is 37.9 Å². The number of hydrogen-bond acceptors (Lipinski definition) is 4. The summed E-state index contributed by atoms with van der Waals surface area (Å²) >= 11 is 0. The Morgan fingerprint density at radius 2 is 1.47 bits per heavy atom. The average molecular weight is 262 g/mol. The summed E-state index contributed by atoms with van der Waals surface area (Å²) in [5.41, 5.74) is 0.541. The van der Waals surface area contributed by atoms with Crippen molar-refractivity contribution in [2.75, 3.05) is 0 Å². The summed E-state index contributed by atoms with van der Waals surface area (Å²) in [4.78, 5) is 0. The maximum Gasteiger partial charge on any atom is 0.496 e. The normalized spacial score (nSPS) is 20.7. The van der Waals surface area contributed by atoms with Gasteiger partial charge in [0.25, 0.3) is 0 Å². The van der Waals surface area contributed by atoms with Crippen molar-refractivity contribution in [3.8, 4) is 0 Å². The summed E-state index contributed by atoms with van der Waals surface area (Å²) in [5, 5.41) is 7.73. The summed E-state index contributed by atoms with van der Waals surface area (Å²) in [6.45, 7) is 8.72. The first-order valence-electron chi connectivity index (χ1n) is 7.29. The van der Waals surface area contributed by atoms with E-state index in [0.717, 1.165) is 31.1 Å². The largest absolute Gasteiger partial charge is 0.496 e. The quantitative estimate of drug-likeness (QED) is 0.764. The van der Waals surface area contributed by atoms with E-state index in [4.69, 9.17) is 9.31 Å². The lowest BCUT2D eigenvalue weighted by atomic mass is 9.75. The molecule has 0 radical (unpaired) electrons. The lowest BCUT2D eigenvalue weighted by molar-refractivity contribution is -0.0601. The lowest BCUT2D eigenvalue weighted by Gasteiger charge is -2.42. The molecule has 0 unspecified atom stereocenters. The van der Waals surface area contributed by atoms with Crippen LogP contribution in [0.3, 0.4) is 0 Å². The zero-order chi connectivity index (χ0) is 13.9. The van der Waals surface area contributed by atoms with Gasteiger partial charge in [-0.3, -0.25) is 0 Å². The third-order valence-corrected chi connectivity index (χ3v) is 4.66. The van der Waals surface area contributed by atoms with Crippen LogP contribution < -0.4 is 5.46 Å². The van der Waals surface area contributed by atoms with Gasteiger partial charge in [-0.25, -0.2) is 0 Å². The Kier molecular flexibility index (Phi) is 4.26. The van der Waals surface area contributed by atoms with Gasteiger partial charge in [-0.05, 0) is 31.7 Å². The van der Waals surface area contributed by atoms with Crippen LogP contribution in [0.25, 0.3) is 0 Å². The van der Waals surface area contributed by atoms with Gasteiger partial charge in [-0.2, -0.15) is 10.2 Å². The molecule has 0 aromatic carbocycles. The number of hydrogen-bond donors (Lipinski definition) is 0. The molecule has 1 aromatic rings. The molecule has 2 rings (SSSR count). The third-order valence-electron chi connectivity index (χ3n) is 4.66. The highest BCUT2D eigenvalue weighted by atomic mass is 16.7. The van der Waals surface area contributed by atoms with Crippen molar-refractivity contribution >= 4 is 12.6 Å². The minimum Gasteiger partial charge on any atom is -0.399 e. The van der Waals surface area contributed by atoms with Crippen LogP contribution in [0.2, 0.25) is 0 Å². The van der Waals surface area contributed by atoms with E-state index >= 15 is 0 Å². The molecule has 5 heteroatoms. The van der Waals surface area contributed by atoms with Gasteiger partial charge < -0.3 is 9.31 Å². The molecule has 1 saturated heterocycles. The third kappa shape index (κ3) is 2.19. The van der Waals surface area contributed by atoms with Crippen LogP contribution in [0.5, 0.6) is 0 Å². The van der Waals surface area contributed by atoms with E-state index in [1.165, 1.54) is 0 Å². The van der Waals surface area contributed by atoms with Gasteiger partial charge in [0.15, 0.2) is 0 Å². The van der Waals surface area contributed by atoms with Crippen molar-refractivity contribution in [2.24, 2.45) is 0 Å². The minimum absolute atomic E-state index is 0.204. The molecular weight excluding hydrogens is 239 g/mol. The molecule has 1 aliphatic rings. The molecule has 104 valence electrons. The summed E-state index contributed by atoms with van der Waals surface area (Å²) in [6.07, 6.45) is 7.24. The van der Waals surface area contributed by atoms with E-state index in [1.807, 2.05) is 6.07 Å². The molecule has 1 aliphatic heterocycles. The highest BCUT2D eigenvalue weighted by molar-refractivity contribution is 6.62. The predicted octanol–water partition coefficient (Wildman–Crippen LogP) is 2.34. The van der Waals surface area contributed by atoms with Crippen molar-refractivity contribution < 1.29 is 9.31 Å². The second kappa shape index (κ2) is 5.59. The molecule has 0 atom stereocenters. The number of rotatable bonds is 5. The topological polar surface area (TPSA) is 44.2 Å². The van der Waals surface area contributed by atoms with Crippen LogP contribution >= 0.6 is 0 Å². The maximum absolute atomic E-state index is 6.34. The Bertz CT molecular complexity index is 385. The molecular formula is C14H23BN2O2. The Balaban J connectivity index is 2.35. The minimum atomic E-state index is -0.324. The fourth-order valence-electron chi connectivity index (χ4n) is 3.35. The second-order valence-corrected chi connectivity index (χ2v) is 5.15.